The van der Waals surface area contributed by atoms with Crippen LogP contribution in [-0.4, -0.2) is 45.0 Å². The molecule has 1 heterocycles. The molecule has 88 valence electrons. The molecule has 2 rings (SSSR count). The highest BCUT2D eigenvalue weighted by atomic mass is 16.7. The summed E-state index contributed by atoms with van der Waals surface area (Å²) in [5.41, 5.74) is 1.28. The highest BCUT2D eigenvalue weighted by Gasteiger charge is 2.27. The highest BCUT2D eigenvalue weighted by molar-refractivity contribution is 5.20. The van der Waals surface area contributed by atoms with Gasteiger partial charge in [-0.15, -0.1) is 0 Å². The van der Waals surface area contributed by atoms with Crippen LogP contribution in [0.4, 0.5) is 0 Å². The van der Waals surface area contributed by atoms with Crippen molar-refractivity contribution in [3.8, 4) is 0 Å². The highest BCUT2D eigenvalue weighted by Crippen LogP contribution is 2.25. The van der Waals surface area contributed by atoms with Crippen LogP contribution in [0.5, 0.6) is 0 Å². The third-order valence-corrected chi connectivity index (χ3v) is 3.05. The van der Waals surface area contributed by atoms with Crippen LogP contribution < -0.4 is 0 Å². The van der Waals surface area contributed by atoms with Crippen molar-refractivity contribution < 1.29 is 9.47 Å². The molecule has 1 aliphatic rings. The summed E-state index contributed by atoms with van der Waals surface area (Å²) in [5.74, 6) is 0.290. The van der Waals surface area contributed by atoms with Gasteiger partial charge in [0.05, 0.1) is 6.61 Å². The van der Waals surface area contributed by atoms with E-state index in [1.165, 1.54) is 5.56 Å². The number of likely N-dealkylation sites (N-methyl/N-ethyl adjacent to an activating group) is 1. The second-order valence-corrected chi connectivity index (χ2v) is 4.25. The fourth-order valence-electron chi connectivity index (χ4n) is 2.15. The first-order valence-corrected chi connectivity index (χ1v) is 5.69. The van der Waals surface area contributed by atoms with Crippen LogP contribution in [-0.2, 0) is 9.47 Å². The Balaban J connectivity index is 2.20. The zero-order chi connectivity index (χ0) is 11.4. The van der Waals surface area contributed by atoms with E-state index >= 15 is 0 Å². The average molecular weight is 221 g/mol. The van der Waals surface area contributed by atoms with Crippen molar-refractivity contribution in [2.45, 2.75) is 12.2 Å². The molecule has 1 aromatic carbocycles. The fourth-order valence-corrected chi connectivity index (χ4v) is 2.15. The number of hydrogen-bond donors (Lipinski definition) is 0. The number of methoxy groups -OCH3 is 1. The number of hydrogen-bond acceptors (Lipinski definition) is 3. The van der Waals surface area contributed by atoms with Gasteiger partial charge in [-0.2, -0.15) is 0 Å². The summed E-state index contributed by atoms with van der Waals surface area (Å²) < 4.78 is 11.2. The van der Waals surface area contributed by atoms with E-state index in [0.29, 0.717) is 5.92 Å². The molecule has 3 nitrogen and oxygen atoms in total. The molecular formula is C13H19NO2. The number of benzene rings is 1. The van der Waals surface area contributed by atoms with E-state index in [9.17, 15) is 0 Å². The Morgan fingerprint density at radius 2 is 2.06 bits per heavy atom. The van der Waals surface area contributed by atoms with E-state index < -0.39 is 0 Å². The van der Waals surface area contributed by atoms with Crippen LogP contribution in [0.25, 0.3) is 0 Å². The van der Waals surface area contributed by atoms with Gasteiger partial charge in [-0.05, 0) is 12.6 Å². The third kappa shape index (κ3) is 2.61. The quantitative estimate of drug-likeness (QED) is 0.759. The molecular weight excluding hydrogens is 202 g/mol. The molecule has 0 amide bonds. The van der Waals surface area contributed by atoms with Gasteiger partial charge in [0.15, 0.2) is 6.29 Å². The molecule has 1 saturated heterocycles. The van der Waals surface area contributed by atoms with E-state index in [4.69, 9.17) is 9.47 Å². The van der Waals surface area contributed by atoms with Gasteiger partial charge in [0.2, 0.25) is 0 Å². The molecule has 1 aliphatic heterocycles. The molecule has 0 aliphatic carbocycles. The Morgan fingerprint density at radius 3 is 2.75 bits per heavy atom. The van der Waals surface area contributed by atoms with Crippen LogP contribution in [0.15, 0.2) is 30.3 Å². The van der Waals surface area contributed by atoms with Gasteiger partial charge in [0.25, 0.3) is 0 Å². The maximum Gasteiger partial charge on any atom is 0.165 e. The molecule has 2 atom stereocenters. The van der Waals surface area contributed by atoms with Crippen LogP contribution in [0, 0.1) is 0 Å². The Hall–Kier alpha value is -0.900. The van der Waals surface area contributed by atoms with Gasteiger partial charge in [0, 0.05) is 26.1 Å². The molecule has 0 radical (unpaired) electrons. The van der Waals surface area contributed by atoms with E-state index in [0.717, 1.165) is 19.7 Å². The lowest BCUT2D eigenvalue weighted by atomic mass is 9.98. The van der Waals surface area contributed by atoms with E-state index in [1.54, 1.807) is 7.11 Å². The van der Waals surface area contributed by atoms with Gasteiger partial charge >= 0.3 is 0 Å². The van der Waals surface area contributed by atoms with Crippen molar-refractivity contribution in [2.24, 2.45) is 0 Å². The monoisotopic (exact) mass is 221 g/mol. The lowest BCUT2D eigenvalue weighted by Gasteiger charge is -2.25. The van der Waals surface area contributed by atoms with Gasteiger partial charge in [-0.25, -0.2) is 0 Å². The topological polar surface area (TPSA) is 21.7 Å². The maximum atomic E-state index is 5.73. The van der Waals surface area contributed by atoms with Gasteiger partial charge in [-0.3, -0.25) is 0 Å². The molecule has 0 spiro atoms. The molecule has 1 fully saturated rings. The van der Waals surface area contributed by atoms with Crippen molar-refractivity contribution >= 4 is 0 Å². The summed E-state index contributed by atoms with van der Waals surface area (Å²) in [6, 6.07) is 10.4. The standard InChI is InChI=1S/C13H19NO2/c1-14-8-9-16-13(15-2)12(10-14)11-6-4-3-5-7-11/h3-7,12-13H,8-10H2,1-2H3. The number of rotatable bonds is 2. The van der Waals surface area contributed by atoms with Crippen molar-refractivity contribution in [1.29, 1.82) is 0 Å². The second kappa shape index (κ2) is 5.43. The molecule has 16 heavy (non-hydrogen) atoms. The molecule has 3 heteroatoms. The molecule has 0 saturated carbocycles. The Morgan fingerprint density at radius 1 is 1.31 bits per heavy atom. The first-order chi connectivity index (χ1) is 7.81. The smallest absolute Gasteiger partial charge is 0.165 e. The SMILES string of the molecule is COC1OCCN(C)CC1c1ccccc1. The maximum absolute atomic E-state index is 5.73. The minimum Gasteiger partial charge on any atom is -0.355 e. The summed E-state index contributed by atoms with van der Waals surface area (Å²) in [5, 5.41) is 0. The van der Waals surface area contributed by atoms with E-state index in [1.807, 2.05) is 6.07 Å². The number of nitrogens with zero attached hydrogens (tertiary/aromatic N) is 1. The first kappa shape index (κ1) is 11.6. The van der Waals surface area contributed by atoms with Crippen LogP contribution in [0.2, 0.25) is 0 Å². The van der Waals surface area contributed by atoms with Crippen molar-refractivity contribution in [3.63, 3.8) is 0 Å². The van der Waals surface area contributed by atoms with Crippen LogP contribution >= 0.6 is 0 Å². The lowest BCUT2D eigenvalue weighted by molar-refractivity contribution is -0.128. The normalized spacial score (nSPS) is 27.6. The largest absolute Gasteiger partial charge is 0.355 e. The minimum atomic E-state index is -0.132. The van der Waals surface area contributed by atoms with Crippen LogP contribution in [0.3, 0.4) is 0 Å². The minimum absolute atomic E-state index is 0.132. The van der Waals surface area contributed by atoms with Crippen molar-refractivity contribution in [3.05, 3.63) is 35.9 Å². The Kier molecular flexibility index (Phi) is 3.93. The number of ether oxygens (including phenoxy) is 2. The molecule has 1 aromatic rings. The molecule has 2 unspecified atom stereocenters. The zero-order valence-corrected chi connectivity index (χ0v) is 9.93. The molecule has 0 bridgehead atoms. The summed E-state index contributed by atoms with van der Waals surface area (Å²) in [6.07, 6.45) is -0.132. The summed E-state index contributed by atoms with van der Waals surface area (Å²) in [7, 11) is 3.84. The summed E-state index contributed by atoms with van der Waals surface area (Å²) in [4.78, 5) is 2.29. The Bertz CT molecular complexity index is 315. The zero-order valence-electron chi connectivity index (χ0n) is 9.93. The predicted molar refractivity (Wildman–Crippen MR) is 63.4 cm³/mol. The van der Waals surface area contributed by atoms with Crippen molar-refractivity contribution in [1.82, 2.24) is 4.90 Å². The van der Waals surface area contributed by atoms with Crippen LogP contribution in [0.1, 0.15) is 11.5 Å². The molecule has 0 N–H and O–H groups in total. The van der Waals surface area contributed by atoms with Gasteiger partial charge < -0.3 is 14.4 Å². The summed E-state index contributed by atoms with van der Waals surface area (Å²) >= 11 is 0. The van der Waals surface area contributed by atoms with Crippen molar-refractivity contribution in [2.75, 3.05) is 33.9 Å². The third-order valence-electron chi connectivity index (χ3n) is 3.05. The average Bonchev–Trinajstić information content (AvgIpc) is 2.52. The predicted octanol–water partition coefficient (Wildman–Crippen LogP) is 1.70. The fraction of sp³-hybridized carbons (Fsp3) is 0.538. The van der Waals surface area contributed by atoms with Gasteiger partial charge in [0.1, 0.15) is 0 Å². The van der Waals surface area contributed by atoms with E-state index in [2.05, 4.69) is 36.2 Å². The molecule has 0 aromatic heterocycles. The van der Waals surface area contributed by atoms with E-state index in [-0.39, 0.29) is 6.29 Å². The lowest BCUT2D eigenvalue weighted by Crippen LogP contribution is -2.29. The summed E-state index contributed by atoms with van der Waals surface area (Å²) in [6.45, 7) is 2.67. The first-order valence-electron chi connectivity index (χ1n) is 5.69. The Labute approximate surface area is 97.0 Å². The van der Waals surface area contributed by atoms with Gasteiger partial charge in [-0.1, -0.05) is 30.3 Å². The second-order valence-electron chi connectivity index (χ2n) is 4.25.